The van der Waals surface area contributed by atoms with Crippen molar-refractivity contribution in [3.63, 3.8) is 0 Å². The molecule has 1 heterocycles. The van der Waals surface area contributed by atoms with Crippen molar-refractivity contribution in [1.29, 1.82) is 0 Å². The van der Waals surface area contributed by atoms with Crippen LogP contribution in [0.5, 0.6) is 0 Å². The molecule has 0 aromatic heterocycles. The average molecular weight is 248 g/mol. The number of nitrogens with zero attached hydrogens (tertiary/aromatic N) is 1. The van der Waals surface area contributed by atoms with Gasteiger partial charge in [-0.25, -0.2) is 0 Å². The lowest BCUT2D eigenvalue weighted by Gasteiger charge is -2.37. The number of hydrogen-bond acceptors (Lipinski definition) is 3. The quantitative estimate of drug-likeness (QED) is 0.811. The molecular formula is C15H24N2O. The van der Waals surface area contributed by atoms with Crippen molar-refractivity contribution in [3.8, 4) is 0 Å². The highest BCUT2D eigenvalue weighted by molar-refractivity contribution is 5.72. The van der Waals surface area contributed by atoms with Crippen LogP contribution in [0.1, 0.15) is 20.8 Å². The SMILES string of the molecule is CC(C)COCCN1c2ccccc2NCC1C. The summed E-state index contributed by atoms with van der Waals surface area (Å²) in [7, 11) is 0. The lowest BCUT2D eigenvalue weighted by Crippen LogP contribution is -2.43. The van der Waals surface area contributed by atoms with Crippen LogP contribution in [0, 0.1) is 5.92 Å². The smallest absolute Gasteiger partial charge is 0.0641 e. The number of benzene rings is 1. The summed E-state index contributed by atoms with van der Waals surface area (Å²) in [5.74, 6) is 0.609. The van der Waals surface area contributed by atoms with Gasteiger partial charge in [-0.05, 0) is 25.0 Å². The van der Waals surface area contributed by atoms with Crippen molar-refractivity contribution >= 4 is 11.4 Å². The van der Waals surface area contributed by atoms with E-state index in [1.54, 1.807) is 0 Å². The first-order chi connectivity index (χ1) is 8.68. The summed E-state index contributed by atoms with van der Waals surface area (Å²) >= 11 is 0. The number of anilines is 2. The summed E-state index contributed by atoms with van der Waals surface area (Å²) in [5, 5.41) is 3.47. The molecule has 1 aliphatic rings. The normalized spacial score (nSPS) is 18.7. The maximum absolute atomic E-state index is 5.70. The molecule has 1 N–H and O–H groups in total. The van der Waals surface area contributed by atoms with E-state index in [1.165, 1.54) is 11.4 Å². The Morgan fingerprint density at radius 3 is 2.94 bits per heavy atom. The molecule has 0 fully saturated rings. The van der Waals surface area contributed by atoms with Gasteiger partial charge in [0.25, 0.3) is 0 Å². The van der Waals surface area contributed by atoms with Gasteiger partial charge in [-0.2, -0.15) is 0 Å². The van der Waals surface area contributed by atoms with E-state index in [1.807, 2.05) is 0 Å². The fourth-order valence-corrected chi connectivity index (χ4v) is 2.30. The first-order valence-electron chi connectivity index (χ1n) is 6.85. The zero-order chi connectivity index (χ0) is 13.0. The van der Waals surface area contributed by atoms with Gasteiger partial charge in [0.2, 0.25) is 0 Å². The van der Waals surface area contributed by atoms with Crippen molar-refractivity contribution in [3.05, 3.63) is 24.3 Å². The second-order valence-corrected chi connectivity index (χ2v) is 5.41. The van der Waals surface area contributed by atoms with Crippen LogP contribution in [0.4, 0.5) is 11.4 Å². The predicted octanol–water partition coefficient (Wildman–Crippen LogP) is 2.98. The third kappa shape index (κ3) is 3.16. The van der Waals surface area contributed by atoms with Crippen LogP contribution in [0.2, 0.25) is 0 Å². The molecule has 0 spiro atoms. The predicted molar refractivity (Wildman–Crippen MR) is 77.4 cm³/mol. The van der Waals surface area contributed by atoms with E-state index in [4.69, 9.17) is 4.74 Å². The molecule has 3 nitrogen and oxygen atoms in total. The number of hydrogen-bond donors (Lipinski definition) is 1. The first kappa shape index (κ1) is 13.2. The summed E-state index contributed by atoms with van der Waals surface area (Å²) in [4.78, 5) is 2.44. The molecule has 1 unspecified atom stereocenters. The van der Waals surface area contributed by atoms with Crippen LogP contribution in [-0.4, -0.2) is 32.3 Å². The van der Waals surface area contributed by atoms with Gasteiger partial charge in [-0.15, -0.1) is 0 Å². The zero-order valence-electron chi connectivity index (χ0n) is 11.6. The molecule has 0 radical (unpaired) electrons. The molecule has 0 aliphatic carbocycles. The topological polar surface area (TPSA) is 24.5 Å². The standard InChI is InChI=1S/C15H24N2O/c1-12(2)11-18-9-8-17-13(3)10-16-14-6-4-5-7-15(14)17/h4-7,12-13,16H,8-11H2,1-3H3. The second kappa shape index (κ2) is 6.10. The van der Waals surface area contributed by atoms with Crippen LogP contribution in [0.25, 0.3) is 0 Å². The summed E-state index contributed by atoms with van der Waals surface area (Å²) in [5.41, 5.74) is 2.53. The van der Waals surface area contributed by atoms with Crippen LogP contribution < -0.4 is 10.2 Å². The molecule has 0 bridgehead atoms. The molecule has 2 rings (SSSR count). The Bertz CT molecular complexity index is 379. The van der Waals surface area contributed by atoms with Crippen LogP contribution in [0.3, 0.4) is 0 Å². The van der Waals surface area contributed by atoms with Crippen molar-refractivity contribution in [1.82, 2.24) is 0 Å². The minimum Gasteiger partial charge on any atom is -0.381 e. The van der Waals surface area contributed by atoms with Crippen molar-refractivity contribution in [2.45, 2.75) is 26.8 Å². The minimum absolute atomic E-state index is 0.516. The van der Waals surface area contributed by atoms with E-state index in [9.17, 15) is 0 Å². The summed E-state index contributed by atoms with van der Waals surface area (Å²) in [6.45, 7) is 10.2. The van der Waals surface area contributed by atoms with E-state index in [0.717, 1.165) is 26.3 Å². The van der Waals surface area contributed by atoms with Gasteiger partial charge in [-0.1, -0.05) is 26.0 Å². The van der Waals surface area contributed by atoms with Crippen LogP contribution in [0.15, 0.2) is 24.3 Å². The molecule has 0 amide bonds. The summed E-state index contributed by atoms with van der Waals surface area (Å²) < 4.78 is 5.70. The highest BCUT2D eigenvalue weighted by Gasteiger charge is 2.21. The number of rotatable bonds is 5. The zero-order valence-corrected chi connectivity index (χ0v) is 11.6. The van der Waals surface area contributed by atoms with Crippen molar-refractivity contribution in [2.24, 2.45) is 5.92 Å². The number of fused-ring (bicyclic) bond motifs is 1. The summed E-state index contributed by atoms with van der Waals surface area (Å²) in [6, 6.07) is 9.02. The van der Waals surface area contributed by atoms with E-state index in [0.29, 0.717) is 12.0 Å². The Balaban J connectivity index is 1.94. The van der Waals surface area contributed by atoms with Gasteiger partial charge in [0.1, 0.15) is 0 Å². The van der Waals surface area contributed by atoms with Gasteiger partial charge in [-0.3, -0.25) is 0 Å². The molecule has 100 valence electrons. The van der Waals surface area contributed by atoms with Gasteiger partial charge in [0.05, 0.1) is 18.0 Å². The van der Waals surface area contributed by atoms with E-state index >= 15 is 0 Å². The Morgan fingerprint density at radius 1 is 1.39 bits per heavy atom. The highest BCUT2D eigenvalue weighted by Crippen LogP contribution is 2.30. The maximum atomic E-state index is 5.70. The molecule has 1 atom stereocenters. The van der Waals surface area contributed by atoms with Gasteiger partial charge in [0, 0.05) is 25.7 Å². The largest absolute Gasteiger partial charge is 0.381 e. The second-order valence-electron chi connectivity index (χ2n) is 5.41. The molecule has 3 heteroatoms. The number of nitrogens with one attached hydrogen (secondary N) is 1. The minimum atomic E-state index is 0.516. The first-order valence-corrected chi connectivity index (χ1v) is 6.85. The van der Waals surface area contributed by atoms with Crippen LogP contribution >= 0.6 is 0 Å². The molecule has 1 aromatic carbocycles. The lowest BCUT2D eigenvalue weighted by molar-refractivity contribution is 0.114. The Labute approximate surface area is 110 Å². The van der Waals surface area contributed by atoms with Crippen molar-refractivity contribution < 1.29 is 4.74 Å². The summed E-state index contributed by atoms with van der Waals surface area (Å²) in [6.07, 6.45) is 0. The highest BCUT2D eigenvalue weighted by atomic mass is 16.5. The molecule has 1 aliphatic heterocycles. The van der Waals surface area contributed by atoms with E-state index < -0.39 is 0 Å². The molecule has 0 saturated heterocycles. The van der Waals surface area contributed by atoms with Crippen LogP contribution in [-0.2, 0) is 4.74 Å². The molecular weight excluding hydrogens is 224 g/mol. The Morgan fingerprint density at radius 2 is 2.17 bits per heavy atom. The van der Waals surface area contributed by atoms with Crippen molar-refractivity contribution in [2.75, 3.05) is 36.5 Å². The van der Waals surface area contributed by atoms with Gasteiger partial charge < -0.3 is 15.0 Å². The van der Waals surface area contributed by atoms with Gasteiger partial charge in [0.15, 0.2) is 0 Å². The average Bonchev–Trinajstić information content (AvgIpc) is 2.36. The molecule has 18 heavy (non-hydrogen) atoms. The Kier molecular flexibility index (Phi) is 4.48. The lowest BCUT2D eigenvalue weighted by atomic mass is 10.1. The van der Waals surface area contributed by atoms with E-state index in [2.05, 4.69) is 55.3 Å². The molecule has 1 aromatic rings. The van der Waals surface area contributed by atoms with Gasteiger partial charge >= 0.3 is 0 Å². The third-order valence-corrected chi connectivity index (χ3v) is 3.26. The number of ether oxygens (including phenoxy) is 1. The fraction of sp³-hybridized carbons (Fsp3) is 0.600. The number of para-hydroxylation sites is 2. The maximum Gasteiger partial charge on any atom is 0.0641 e. The molecule has 0 saturated carbocycles. The third-order valence-electron chi connectivity index (χ3n) is 3.26. The Hall–Kier alpha value is -1.22. The fourth-order valence-electron chi connectivity index (χ4n) is 2.30. The monoisotopic (exact) mass is 248 g/mol. The van der Waals surface area contributed by atoms with E-state index in [-0.39, 0.29) is 0 Å².